The predicted octanol–water partition coefficient (Wildman–Crippen LogP) is 2.67. The standard InChI is InChI=1S/C22H25FN6OS/c23-19-9-5-4-8-18(19)21-26-27-22(29(21)24)31-15-20(30)25-17-10-12-28(13-11-17)14-16-6-2-1-3-7-16/h1-9,17H,10-15,24H2,(H,25,30). The first-order valence-electron chi connectivity index (χ1n) is 10.2. The van der Waals surface area contributed by atoms with Crippen LogP contribution in [0.2, 0.25) is 0 Å². The maximum absolute atomic E-state index is 14.0. The van der Waals surface area contributed by atoms with Gasteiger partial charge in [0, 0.05) is 25.7 Å². The molecule has 4 rings (SSSR count). The summed E-state index contributed by atoms with van der Waals surface area (Å²) in [6.07, 6.45) is 1.85. The number of nitrogens with one attached hydrogen (secondary N) is 1. The number of halogens is 1. The van der Waals surface area contributed by atoms with E-state index >= 15 is 0 Å². The summed E-state index contributed by atoms with van der Waals surface area (Å²) in [7, 11) is 0. The molecule has 1 saturated heterocycles. The molecule has 0 radical (unpaired) electrons. The smallest absolute Gasteiger partial charge is 0.230 e. The first kappa shape index (κ1) is 21.3. The van der Waals surface area contributed by atoms with E-state index in [1.807, 2.05) is 6.07 Å². The fraction of sp³-hybridized carbons (Fsp3) is 0.318. The number of nitrogens with zero attached hydrogens (tertiary/aromatic N) is 4. The maximum atomic E-state index is 14.0. The van der Waals surface area contributed by atoms with Gasteiger partial charge in [0.25, 0.3) is 0 Å². The number of rotatable bonds is 7. The van der Waals surface area contributed by atoms with Gasteiger partial charge in [-0.15, -0.1) is 10.2 Å². The van der Waals surface area contributed by atoms with Crippen LogP contribution in [0.1, 0.15) is 18.4 Å². The lowest BCUT2D eigenvalue weighted by atomic mass is 10.0. The van der Waals surface area contributed by atoms with Crippen molar-refractivity contribution in [3.8, 4) is 11.4 Å². The first-order valence-corrected chi connectivity index (χ1v) is 11.2. The molecule has 0 saturated carbocycles. The van der Waals surface area contributed by atoms with Crippen LogP contribution in [-0.2, 0) is 11.3 Å². The van der Waals surface area contributed by atoms with Gasteiger partial charge in [0.2, 0.25) is 11.1 Å². The van der Waals surface area contributed by atoms with Crippen LogP contribution in [0, 0.1) is 5.82 Å². The van der Waals surface area contributed by atoms with Crippen LogP contribution in [0.4, 0.5) is 4.39 Å². The number of hydrogen-bond donors (Lipinski definition) is 2. The van der Waals surface area contributed by atoms with Gasteiger partial charge in [-0.1, -0.05) is 54.2 Å². The summed E-state index contributed by atoms with van der Waals surface area (Å²) < 4.78 is 15.2. The molecule has 1 aromatic heterocycles. The van der Waals surface area contributed by atoms with E-state index in [9.17, 15) is 9.18 Å². The molecule has 3 N–H and O–H groups in total. The monoisotopic (exact) mass is 440 g/mol. The minimum Gasteiger partial charge on any atom is -0.353 e. The maximum Gasteiger partial charge on any atom is 0.230 e. The lowest BCUT2D eigenvalue weighted by molar-refractivity contribution is -0.119. The second-order valence-electron chi connectivity index (χ2n) is 7.55. The molecule has 3 aromatic rings. The number of nitrogens with two attached hydrogens (primary N) is 1. The molecule has 0 aliphatic carbocycles. The number of carbonyl (C=O) groups is 1. The minimum absolute atomic E-state index is 0.0676. The van der Waals surface area contributed by atoms with Crippen molar-refractivity contribution in [1.29, 1.82) is 0 Å². The van der Waals surface area contributed by atoms with E-state index in [0.717, 1.165) is 32.5 Å². The van der Waals surface area contributed by atoms with E-state index in [1.54, 1.807) is 18.2 Å². The fourth-order valence-electron chi connectivity index (χ4n) is 3.68. The van der Waals surface area contributed by atoms with Crippen molar-refractivity contribution < 1.29 is 9.18 Å². The van der Waals surface area contributed by atoms with Crippen LogP contribution in [0.15, 0.2) is 59.8 Å². The number of hydrogen-bond acceptors (Lipinski definition) is 6. The lowest BCUT2D eigenvalue weighted by Crippen LogP contribution is -2.44. The molecule has 0 atom stereocenters. The van der Waals surface area contributed by atoms with E-state index in [-0.39, 0.29) is 29.1 Å². The zero-order valence-electron chi connectivity index (χ0n) is 17.1. The highest BCUT2D eigenvalue weighted by molar-refractivity contribution is 7.99. The zero-order chi connectivity index (χ0) is 21.6. The molecule has 9 heteroatoms. The third kappa shape index (κ3) is 5.42. The average Bonchev–Trinajstić information content (AvgIpc) is 3.15. The number of benzene rings is 2. The van der Waals surface area contributed by atoms with Crippen LogP contribution in [-0.4, -0.2) is 50.6 Å². The Morgan fingerprint density at radius 3 is 2.55 bits per heavy atom. The van der Waals surface area contributed by atoms with Crippen LogP contribution in [0.5, 0.6) is 0 Å². The van der Waals surface area contributed by atoms with Gasteiger partial charge >= 0.3 is 0 Å². The molecule has 162 valence electrons. The van der Waals surface area contributed by atoms with Crippen LogP contribution in [0.3, 0.4) is 0 Å². The Labute approximate surface area is 184 Å². The van der Waals surface area contributed by atoms with Crippen molar-refractivity contribution in [3.05, 3.63) is 66.0 Å². The predicted molar refractivity (Wildman–Crippen MR) is 119 cm³/mol. The largest absolute Gasteiger partial charge is 0.353 e. The summed E-state index contributed by atoms with van der Waals surface area (Å²) in [5.41, 5.74) is 1.58. The summed E-state index contributed by atoms with van der Waals surface area (Å²) >= 11 is 1.19. The minimum atomic E-state index is -0.422. The molecule has 31 heavy (non-hydrogen) atoms. The van der Waals surface area contributed by atoms with E-state index < -0.39 is 5.82 Å². The van der Waals surface area contributed by atoms with Crippen molar-refractivity contribution >= 4 is 17.7 Å². The first-order chi connectivity index (χ1) is 15.1. The Kier molecular flexibility index (Phi) is 6.83. The van der Waals surface area contributed by atoms with E-state index in [0.29, 0.717) is 5.16 Å². The summed E-state index contributed by atoms with van der Waals surface area (Å²) in [4.78, 5) is 14.8. The van der Waals surface area contributed by atoms with Crippen molar-refractivity contribution in [2.45, 2.75) is 30.6 Å². The molecular weight excluding hydrogens is 415 g/mol. The van der Waals surface area contributed by atoms with E-state index in [2.05, 4.69) is 44.7 Å². The molecule has 0 spiro atoms. The van der Waals surface area contributed by atoms with Crippen LogP contribution in [0.25, 0.3) is 11.4 Å². The molecule has 1 aliphatic rings. The number of amides is 1. The van der Waals surface area contributed by atoms with E-state index in [4.69, 9.17) is 5.84 Å². The van der Waals surface area contributed by atoms with Crippen molar-refractivity contribution in [1.82, 2.24) is 25.1 Å². The van der Waals surface area contributed by atoms with Gasteiger partial charge in [0.15, 0.2) is 5.82 Å². The molecule has 0 bridgehead atoms. The highest BCUT2D eigenvalue weighted by Gasteiger charge is 2.21. The van der Waals surface area contributed by atoms with Gasteiger partial charge < -0.3 is 11.2 Å². The van der Waals surface area contributed by atoms with Gasteiger partial charge in [-0.05, 0) is 30.5 Å². The second kappa shape index (κ2) is 9.93. The topological polar surface area (TPSA) is 89.1 Å². The molecule has 1 amide bonds. The fourth-order valence-corrected chi connectivity index (χ4v) is 4.35. The number of thioether (sulfide) groups is 1. The van der Waals surface area contributed by atoms with Crippen molar-refractivity contribution in [2.24, 2.45) is 0 Å². The normalized spacial score (nSPS) is 15.1. The van der Waals surface area contributed by atoms with Gasteiger partial charge in [-0.2, -0.15) is 0 Å². The molecule has 0 unspecified atom stereocenters. The van der Waals surface area contributed by atoms with Gasteiger partial charge in [-0.3, -0.25) is 9.69 Å². The van der Waals surface area contributed by atoms with Crippen LogP contribution < -0.4 is 11.2 Å². The molecule has 1 aliphatic heterocycles. The Hall–Kier alpha value is -2.91. The number of carbonyl (C=O) groups excluding carboxylic acids is 1. The second-order valence-corrected chi connectivity index (χ2v) is 8.49. The van der Waals surface area contributed by atoms with Gasteiger partial charge in [-0.25, -0.2) is 9.07 Å². The summed E-state index contributed by atoms with van der Waals surface area (Å²) in [6, 6.07) is 16.8. The number of nitrogen functional groups attached to an aromatic ring is 1. The summed E-state index contributed by atoms with van der Waals surface area (Å²) in [6.45, 7) is 2.85. The summed E-state index contributed by atoms with van der Waals surface area (Å²) in [5.74, 6) is 5.94. The Balaban J connectivity index is 1.24. The molecule has 1 fully saturated rings. The Bertz CT molecular complexity index is 1020. The molecule has 2 aromatic carbocycles. The molecule has 7 nitrogen and oxygen atoms in total. The number of piperidine rings is 1. The zero-order valence-corrected chi connectivity index (χ0v) is 17.9. The quantitative estimate of drug-likeness (QED) is 0.434. The number of likely N-dealkylation sites (tertiary alicyclic amines) is 1. The molecular formula is C22H25FN6OS. The third-order valence-electron chi connectivity index (χ3n) is 5.31. The Morgan fingerprint density at radius 2 is 1.81 bits per heavy atom. The number of aromatic nitrogens is 3. The highest BCUT2D eigenvalue weighted by atomic mass is 32.2. The van der Waals surface area contributed by atoms with Crippen molar-refractivity contribution in [3.63, 3.8) is 0 Å². The average molecular weight is 441 g/mol. The van der Waals surface area contributed by atoms with Crippen LogP contribution >= 0.6 is 11.8 Å². The van der Waals surface area contributed by atoms with Crippen molar-refractivity contribution in [2.75, 3.05) is 24.7 Å². The summed E-state index contributed by atoms with van der Waals surface area (Å²) in [5, 5.41) is 11.4. The molecule has 2 heterocycles. The lowest BCUT2D eigenvalue weighted by Gasteiger charge is -2.32. The highest BCUT2D eigenvalue weighted by Crippen LogP contribution is 2.23. The van der Waals surface area contributed by atoms with Gasteiger partial charge in [0.1, 0.15) is 5.82 Å². The van der Waals surface area contributed by atoms with Gasteiger partial charge in [0.05, 0.1) is 11.3 Å². The SMILES string of the molecule is Nn1c(SCC(=O)NC2CCN(Cc3ccccc3)CC2)nnc1-c1ccccc1F. The van der Waals surface area contributed by atoms with E-state index in [1.165, 1.54) is 28.1 Å². The third-order valence-corrected chi connectivity index (χ3v) is 6.26. The Morgan fingerprint density at radius 1 is 1.10 bits per heavy atom.